The Morgan fingerprint density at radius 1 is 1.75 bits per heavy atom. The molecule has 4 nitrogen and oxygen atoms in total. The Balaban J connectivity index is 3.23. The summed E-state index contributed by atoms with van der Waals surface area (Å²) in [4.78, 5) is 10.9. The molecule has 2 N–H and O–H groups in total. The summed E-state index contributed by atoms with van der Waals surface area (Å²) in [7, 11) is 0.0390. The molecule has 1 amide bonds. The molecule has 0 heterocycles. The Labute approximate surface area is 47.9 Å². The smallest absolute Gasteiger partial charge is 0.426 e. The van der Waals surface area contributed by atoms with Crippen LogP contribution < -0.4 is 0 Å². The average Bonchev–Trinajstić information content (AvgIpc) is 1.65. The van der Waals surface area contributed by atoms with Gasteiger partial charge in [0.2, 0.25) is 6.41 Å². The maximum Gasteiger partial charge on any atom is 0.472 e. The van der Waals surface area contributed by atoms with Gasteiger partial charge < -0.3 is 14.9 Å². The lowest BCUT2D eigenvalue weighted by Crippen LogP contribution is -2.31. The van der Waals surface area contributed by atoms with Crippen molar-refractivity contribution < 1.29 is 14.8 Å². The zero-order valence-corrected chi connectivity index (χ0v) is 4.61. The van der Waals surface area contributed by atoms with Crippen LogP contribution in [0.2, 0.25) is 0 Å². The summed E-state index contributed by atoms with van der Waals surface area (Å²) in [6.07, 6.45) is 0.489. The molecule has 0 radical (unpaired) electrons. The molecular weight excluding hydrogens is 109 g/mol. The molecular formula is C3H8BNO3. The lowest BCUT2D eigenvalue weighted by Gasteiger charge is -2.07. The molecule has 5 heteroatoms. The fraction of sp³-hybridized carbons (Fsp3) is 0.667. The van der Waals surface area contributed by atoms with Gasteiger partial charge in [-0.05, 0) is 0 Å². The molecule has 46 valence electrons. The van der Waals surface area contributed by atoms with Crippen LogP contribution in [-0.4, -0.2) is 42.0 Å². The summed E-state index contributed by atoms with van der Waals surface area (Å²) in [6, 6.07) is 0. The fourth-order valence-corrected chi connectivity index (χ4v) is 0.301. The van der Waals surface area contributed by atoms with Crippen molar-refractivity contribution in [2.24, 2.45) is 0 Å². The minimum absolute atomic E-state index is 0.0382. The zero-order chi connectivity index (χ0) is 6.57. The summed E-state index contributed by atoms with van der Waals surface area (Å²) in [5, 5.41) is 16.4. The highest BCUT2D eigenvalue weighted by Crippen LogP contribution is 1.73. The number of rotatable bonds is 3. The van der Waals surface area contributed by atoms with Crippen LogP contribution in [-0.2, 0) is 4.79 Å². The quantitative estimate of drug-likeness (QED) is 0.334. The van der Waals surface area contributed by atoms with Crippen molar-refractivity contribution in [2.75, 3.05) is 13.5 Å². The van der Waals surface area contributed by atoms with Gasteiger partial charge in [0.15, 0.2) is 0 Å². The van der Waals surface area contributed by atoms with E-state index in [1.165, 1.54) is 7.05 Å². The van der Waals surface area contributed by atoms with E-state index in [1.54, 1.807) is 0 Å². The van der Waals surface area contributed by atoms with Gasteiger partial charge in [0.05, 0.1) is 6.44 Å². The Kier molecular flexibility index (Phi) is 3.22. The highest BCUT2D eigenvalue weighted by atomic mass is 16.4. The van der Waals surface area contributed by atoms with Crippen LogP contribution in [0.15, 0.2) is 0 Å². The van der Waals surface area contributed by atoms with Gasteiger partial charge in [0, 0.05) is 7.05 Å². The molecule has 8 heavy (non-hydrogen) atoms. The number of nitrogens with zero attached hydrogens (tertiary/aromatic N) is 1. The Morgan fingerprint density at radius 2 is 2.25 bits per heavy atom. The first-order valence-corrected chi connectivity index (χ1v) is 2.18. The maximum atomic E-state index is 9.74. The topological polar surface area (TPSA) is 60.8 Å². The van der Waals surface area contributed by atoms with Gasteiger partial charge >= 0.3 is 7.12 Å². The second-order valence-electron chi connectivity index (χ2n) is 1.53. The van der Waals surface area contributed by atoms with Crippen molar-refractivity contribution in [1.29, 1.82) is 0 Å². The largest absolute Gasteiger partial charge is 0.472 e. The van der Waals surface area contributed by atoms with Gasteiger partial charge in [0.25, 0.3) is 0 Å². The maximum absolute atomic E-state index is 9.74. The molecule has 0 aromatic heterocycles. The van der Waals surface area contributed by atoms with E-state index in [9.17, 15) is 4.79 Å². The van der Waals surface area contributed by atoms with Gasteiger partial charge in [-0.3, -0.25) is 4.79 Å². The third-order valence-electron chi connectivity index (χ3n) is 0.631. The first-order chi connectivity index (χ1) is 3.66. The molecule has 0 aromatic carbocycles. The first kappa shape index (κ1) is 7.45. The molecule has 0 aliphatic heterocycles. The summed E-state index contributed by atoms with van der Waals surface area (Å²) < 4.78 is 0. The van der Waals surface area contributed by atoms with Crippen LogP contribution in [0.4, 0.5) is 0 Å². The van der Waals surface area contributed by atoms with Crippen molar-refractivity contribution in [3.05, 3.63) is 0 Å². The van der Waals surface area contributed by atoms with Crippen molar-refractivity contribution >= 4 is 13.5 Å². The van der Waals surface area contributed by atoms with E-state index in [2.05, 4.69) is 0 Å². The van der Waals surface area contributed by atoms with E-state index >= 15 is 0 Å². The minimum Gasteiger partial charge on any atom is -0.426 e. The monoisotopic (exact) mass is 117 g/mol. The fourth-order valence-electron chi connectivity index (χ4n) is 0.301. The second kappa shape index (κ2) is 3.46. The first-order valence-electron chi connectivity index (χ1n) is 2.18. The second-order valence-corrected chi connectivity index (χ2v) is 1.53. The lowest BCUT2D eigenvalue weighted by molar-refractivity contribution is -0.116. The Hall–Kier alpha value is -0.545. The number of hydrogen-bond acceptors (Lipinski definition) is 3. The summed E-state index contributed by atoms with van der Waals surface area (Å²) in [6.45, 7) is 0. The van der Waals surface area contributed by atoms with E-state index in [-0.39, 0.29) is 6.44 Å². The number of amides is 1. The van der Waals surface area contributed by atoms with Crippen LogP contribution in [0.1, 0.15) is 0 Å². The molecule has 0 bridgehead atoms. The Morgan fingerprint density at radius 3 is 2.38 bits per heavy atom. The predicted octanol–water partition coefficient (Wildman–Crippen LogP) is -1.91. The highest BCUT2D eigenvalue weighted by molar-refractivity contribution is 6.41. The van der Waals surface area contributed by atoms with Gasteiger partial charge in [-0.15, -0.1) is 0 Å². The molecule has 0 saturated carbocycles. The van der Waals surface area contributed by atoms with Crippen LogP contribution in [0, 0.1) is 0 Å². The zero-order valence-electron chi connectivity index (χ0n) is 4.61. The number of carbonyl (C=O) groups is 1. The molecule has 0 aromatic rings. The van der Waals surface area contributed by atoms with Crippen LogP contribution in [0.3, 0.4) is 0 Å². The van der Waals surface area contributed by atoms with Crippen molar-refractivity contribution in [1.82, 2.24) is 4.90 Å². The molecule has 0 atom stereocenters. The van der Waals surface area contributed by atoms with Crippen molar-refractivity contribution in [3.63, 3.8) is 0 Å². The van der Waals surface area contributed by atoms with Crippen LogP contribution in [0.5, 0.6) is 0 Å². The van der Waals surface area contributed by atoms with E-state index in [1.807, 2.05) is 0 Å². The molecule has 0 unspecified atom stereocenters. The van der Waals surface area contributed by atoms with Crippen LogP contribution in [0.25, 0.3) is 0 Å². The summed E-state index contributed by atoms with van der Waals surface area (Å²) in [5.74, 6) is 0. The lowest BCUT2D eigenvalue weighted by atomic mass is 9.92. The van der Waals surface area contributed by atoms with Crippen LogP contribution >= 0.6 is 0 Å². The van der Waals surface area contributed by atoms with E-state index in [0.29, 0.717) is 6.41 Å². The van der Waals surface area contributed by atoms with E-state index in [0.717, 1.165) is 4.90 Å². The molecule has 0 rings (SSSR count). The average molecular weight is 117 g/mol. The third kappa shape index (κ3) is 3.64. The SMILES string of the molecule is CN(C=O)CB(O)O. The van der Waals surface area contributed by atoms with E-state index < -0.39 is 7.12 Å². The summed E-state index contributed by atoms with van der Waals surface area (Å²) >= 11 is 0. The van der Waals surface area contributed by atoms with Gasteiger partial charge in [0.1, 0.15) is 0 Å². The van der Waals surface area contributed by atoms with E-state index in [4.69, 9.17) is 10.0 Å². The third-order valence-corrected chi connectivity index (χ3v) is 0.631. The predicted molar refractivity (Wildman–Crippen MR) is 28.9 cm³/mol. The number of hydrogen-bond donors (Lipinski definition) is 2. The molecule has 0 aliphatic carbocycles. The molecule has 0 saturated heterocycles. The van der Waals surface area contributed by atoms with Gasteiger partial charge in [-0.25, -0.2) is 0 Å². The van der Waals surface area contributed by atoms with Gasteiger partial charge in [-0.2, -0.15) is 0 Å². The molecule has 0 aliphatic rings. The standard InChI is InChI=1S/C3H8BNO3/c1-5(3-6)2-4(7)8/h3,7-8H,2H2,1H3. The highest BCUT2D eigenvalue weighted by Gasteiger charge is 2.07. The molecule has 0 fully saturated rings. The number of carbonyl (C=O) groups excluding carboxylic acids is 1. The minimum atomic E-state index is -1.43. The molecule has 0 spiro atoms. The van der Waals surface area contributed by atoms with Crippen molar-refractivity contribution in [3.8, 4) is 0 Å². The Bertz CT molecular complexity index is 76.9. The van der Waals surface area contributed by atoms with Gasteiger partial charge in [-0.1, -0.05) is 0 Å². The summed E-state index contributed by atoms with van der Waals surface area (Å²) in [5.41, 5.74) is 0. The normalized spacial score (nSPS) is 8.38. The van der Waals surface area contributed by atoms with Crippen molar-refractivity contribution in [2.45, 2.75) is 0 Å².